The van der Waals surface area contributed by atoms with Crippen molar-refractivity contribution in [3.63, 3.8) is 0 Å². The number of carbonyl (C=O) groups is 1. The van der Waals surface area contributed by atoms with E-state index in [-0.39, 0.29) is 12.4 Å². The summed E-state index contributed by atoms with van der Waals surface area (Å²) in [5.41, 5.74) is 1.87. The zero-order valence-corrected chi connectivity index (χ0v) is 9.91. The monoisotopic (exact) mass is 230 g/mol. The highest BCUT2D eigenvalue weighted by Gasteiger charge is 2.21. The molecule has 0 amide bonds. The molecule has 0 aromatic heterocycles. The van der Waals surface area contributed by atoms with E-state index in [1.54, 1.807) is 0 Å². The van der Waals surface area contributed by atoms with E-state index in [0.29, 0.717) is 12.7 Å². The summed E-state index contributed by atoms with van der Waals surface area (Å²) in [7, 11) is 0. The second-order valence-electron chi connectivity index (χ2n) is 4.28. The van der Waals surface area contributed by atoms with Crippen LogP contribution in [-0.4, -0.2) is 18.7 Å². The van der Waals surface area contributed by atoms with Crippen LogP contribution in [0.3, 0.4) is 0 Å². The predicted molar refractivity (Wildman–Crippen MR) is 60.0 cm³/mol. The number of nitrogens with one attached hydrogen (secondary N) is 1. The van der Waals surface area contributed by atoms with Gasteiger partial charge in [0.1, 0.15) is 0 Å². The summed E-state index contributed by atoms with van der Waals surface area (Å²) < 4.78 is 5.66. The normalized spacial score (nSPS) is 25.4. The Kier molecular flexibility index (Phi) is 6.37. The summed E-state index contributed by atoms with van der Waals surface area (Å²) in [6.07, 6.45) is 6.57. The third-order valence-corrected chi connectivity index (χ3v) is 3.14. The maximum Gasteiger partial charge on any atom is 0.328 e. The minimum atomic E-state index is -0.384. The smallest absolute Gasteiger partial charge is 0.328 e. The van der Waals surface area contributed by atoms with Gasteiger partial charge >= 0.3 is 5.97 Å². The van der Waals surface area contributed by atoms with Gasteiger partial charge in [-0.2, -0.15) is 0 Å². The van der Waals surface area contributed by atoms with Crippen LogP contribution in [0.2, 0.25) is 0 Å². The number of ether oxygens (including phenoxy) is 1. The molecule has 0 aromatic carbocycles. The summed E-state index contributed by atoms with van der Waals surface area (Å²) in [5.74, 6) is 5.25. The highest BCUT2D eigenvalue weighted by atomic mass is 16.7. The molecular formula is C11H22N2O3. The number of hydrogen-bond acceptors (Lipinski definition) is 5. The molecule has 0 aromatic rings. The van der Waals surface area contributed by atoms with E-state index < -0.39 is 0 Å². The summed E-state index contributed by atoms with van der Waals surface area (Å²) in [5, 5.41) is 0. The fourth-order valence-electron chi connectivity index (χ4n) is 2.19. The molecule has 5 heteroatoms. The molecule has 0 aliphatic heterocycles. The van der Waals surface area contributed by atoms with Gasteiger partial charge in [0.25, 0.3) is 0 Å². The highest BCUT2D eigenvalue weighted by Crippen LogP contribution is 2.28. The van der Waals surface area contributed by atoms with Gasteiger partial charge in [-0.05, 0) is 18.8 Å². The molecule has 94 valence electrons. The SMILES string of the molecule is CCC1CCCC(OCCC(=O)ONN)C1. The molecule has 1 aliphatic rings. The summed E-state index contributed by atoms with van der Waals surface area (Å²) in [6.45, 7) is 2.64. The van der Waals surface area contributed by atoms with Gasteiger partial charge in [0.15, 0.2) is 0 Å². The Labute approximate surface area is 96.6 Å². The Balaban J connectivity index is 2.10. The average Bonchev–Trinajstić information content (AvgIpc) is 2.30. The van der Waals surface area contributed by atoms with Crippen LogP contribution in [0.4, 0.5) is 0 Å². The maximum absolute atomic E-state index is 11.0. The van der Waals surface area contributed by atoms with E-state index >= 15 is 0 Å². The number of hydrogen-bond donors (Lipinski definition) is 2. The van der Waals surface area contributed by atoms with Crippen LogP contribution in [0, 0.1) is 5.92 Å². The van der Waals surface area contributed by atoms with Gasteiger partial charge in [0.05, 0.1) is 19.1 Å². The fourth-order valence-corrected chi connectivity index (χ4v) is 2.19. The number of nitrogens with two attached hydrogens (primary N) is 1. The molecule has 1 rings (SSSR count). The molecule has 0 radical (unpaired) electrons. The zero-order valence-electron chi connectivity index (χ0n) is 9.91. The topological polar surface area (TPSA) is 73.6 Å². The van der Waals surface area contributed by atoms with Crippen LogP contribution >= 0.6 is 0 Å². The van der Waals surface area contributed by atoms with Crippen molar-refractivity contribution in [2.45, 2.75) is 51.6 Å². The van der Waals surface area contributed by atoms with Crippen molar-refractivity contribution in [2.24, 2.45) is 11.8 Å². The van der Waals surface area contributed by atoms with Gasteiger partial charge in [-0.1, -0.05) is 31.8 Å². The lowest BCUT2D eigenvalue weighted by Crippen LogP contribution is -2.28. The first kappa shape index (κ1) is 13.4. The lowest BCUT2D eigenvalue weighted by molar-refractivity contribution is -0.153. The van der Waals surface area contributed by atoms with Gasteiger partial charge in [0.2, 0.25) is 0 Å². The van der Waals surface area contributed by atoms with Gasteiger partial charge < -0.3 is 9.57 Å². The molecule has 5 nitrogen and oxygen atoms in total. The zero-order chi connectivity index (χ0) is 11.8. The van der Waals surface area contributed by atoms with E-state index in [4.69, 9.17) is 10.6 Å². The Bertz CT molecular complexity index is 211. The van der Waals surface area contributed by atoms with Crippen molar-refractivity contribution in [3.05, 3.63) is 0 Å². The van der Waals surface area contributed by atoms with E-state index in [1.807, 2.05) is 5.59 Å². The second kappa shape index (κ2) is 7.60. The summed E-state index contributed by atoms with van der Waals surface area (Å²) in [4.78, 5) is 15.3. The largest absolute Gasteiger partial charge is 0.378 e. The number of hydrazine groups is 1. The molecule has 0 heterocycles. The van der Waals surface area contributed by atoms with E-state index in [2.05, 4.69) is 11.8 Å². The standard InChI is InChI=1S/C11H22N2O3/c1-2-9-4-3-5-10(8-9)15-7-6-11(14)16-13-12/h9-10,13H,2-8,12H2,1H3. The van der Waals surface area contributed by atoms with Crippen molar-refractivity contribution < 1.29 is 14.4 Å². The molecule has 3 N–H and O–H groups in total. The second-order valence-corrected chi connectivity index (χ2v) is 4.28. The average molecular weight is 230 g/mol. The Hall–Kier alpha value is -0.650. The predicted octanol–water partition coefficient (Wildman–Crippen LogP) is 1.28. The van der Waals surface area contributed by atoms with Crippen LogP contribution in [0.25, 0.3) is 0 Å². The third-order valence-electron chi connectivity index (χ3n) is 3.14. The third kappa shape index (κ3) is 4.92. The Morgan fingerprint density at radius 1 is 1.50 bits per heavy atom. The lowest BCUT2D eigenvalue weighted by atomic mass is 9.85. The van der Waals surface area contributed by atoms with Crippen molar-refractivity contribution in [1.82, 2.24) is 5.59 Å². The molecule has 1 fully saturated rings. The first-order valence-electron chi connectivity index (χ1n) is 6.03. The van der Waals surface area contributed by atoms with Crippen LogP contribution in [0.15, 0.2) is 0 Å². The van der Waals surface area contributed by atoms with E-state index in [9.17, 15) is 4.79 Å². The van der Waals surface area contributed by atoms with Gasteiger partial charge in [-0.25, -0.2) is 5.84 Å². The van der Waals surface area contributed by atoms with Crippen LogP contribution in [-0.2, 0) is 14.4 Å². The first-order valence-corrected chi connectivity index (χ1v) is 6.03. The minimum absolute atomic E-state index is 0.248. The molecular weight excluding hydrogens is 208 g/mol. The van der Waals surface area contributed by atoms with Gasteiger partial charge in [-0.15, -0.1) is 0 Å². The Morgan fingerprint density at radius 2 is 2.31 bits per heavy atom. The van der Waals surface area contributed by atoms with Crippen molar-refractivity contribution >= 4 is 5.97 Å². The van der Waals surface area contributed by atoms with Crippen molar-refractivity contribution in [3.8, 4) is 0 Å². The van der Waals surface area contributed by atoms with Crippen molar-refractivity contribution in [1.29, 1.82) is 0 Å². The maximum atomic E-state index is 11.0. The molecule has 2 unspecified atom stereocenters. The summed E-state index contributed by atoms with van der Waals surface area (Å²) >= 11 is 0. The number of rotatable bonds is 6. The minimum Gasteiger partial charge on any atom is -0.378 e. The van der Waals surface area contributed by atoms with Crippen LogP contribution in [0.1, 0.15) is 45.4 Å². The van der Waals surface area contributed by atoms with Crippen LogP contribution in [0.5, 0.6) is 0 Å². The lowest BCUT2D eigenvalue weighted by Gasteiger charge is -2.28. The summed E-state index contributed by atoms with van der Waals surface area (Å²) in [6, 6.07) is 0. The van der Waals surface area contributed by atoms with E-state index in [1.165, 1.54) is 19.3 Å². The fraction of sp³-hybridized carbons (Fsp3) is 0.909. The quantitative estimate of drug-likeness (QED) is 0.531. The molecule has 0 spiro atoms. The molecule has 1 saturated carbocycles. The van der Waals surface area contributed by atoms with Gasteiger partial charge in [0, 0.05) is 0 Å². The van der Waals surface area contributed by atoms with E-state index in [0.717, 1.165) is 18.8 Å². The number of carbonyl (C=O) groups excluding carboxylic acids is 1. The first-order chi connectivity index (χ1) is 7.76. The molecule has 1 aliphatic carbocycles. The molecule has 0 bridgehead atoms. The molecule has 2 atom stereocenters. The van der Waals surface area contributed by atoms with Crippen LogP contribution < -0.4 is 11.4 Å². The van der Waals surface area contributed by atoms with Gasteiger partial charge in [-0.3, -0.25) is 4.79 Å². The molecule has 0 saturated heterocycles. The highest BCUT2D eigenvalue weighted by molar-refractivity contribution is 5.69. The van der Waals surface area contributed by atoms with Crippen molar-refractivity contribution in [2.75, 3.05) is 6.61 Å². The Morgan fingerprint density at radius 3 is 3.00 bits per heavy atom. The molecule has 16 heavy (non-hydrogen) atoms.